The minimum atomic E-state index is -0.654. The van der Waals surface area contributed by atoms with Gasteiger partial charge in [-0.25, -0.2) is 4.79 Å². The Morgan fingerprint density at radius 1 is 1.10 bits per heavy atom. The Kier molecular flexibility index (Phi) is 7.69. The number of amides is 2. The molecule has 0 saturated carbocycles. The smallest absolute Gasteiger partial charge is 0.315 e. The first-order valence-electron chi connectivity index (χ1n) is 9.75. The molecule has 7 nitrogen and oxygen atoms in total. The molecule has 0 heterocycles. The number of aromatic hydroxyl groups is 1. The van der Waals surface area contributed by atoms with Crippen molar-refractivity contribution in [2.75, 3.05) is 13.7 Å². The number of phenols is 1. The van der Waals surface area contributed by atoms with Crippen molar-refractivity contribution in [2.24, 2.45) is 11.1 Å². The third-order valence-corrected chi connectivity index (χ3v) is 4.65. The van der Waals surface area contributed by atoms with Crippen molar-refractivity contribution in [1.82, 2.24) is 4.90 Å². The van der Waals surface area contributed by atoms with Crippen LogP contribution in [0.25, 0.3) is 0 Å². The molecule has 2 aromatic rings. The predicted molar refractivity (Wildman–Crippen MR) is 114 cm³/mol. The zero-order valence-corrected chi connectivity index (χ0v) is 17.9. The molecular weight excluding hydrogens is 384 g/mol. The van der Waals surface area contributed by atoms with Crippen LogP contribution in [0, 0.1) is 5.41 Å². The van der Waals surface area contributed by atoms with Crippen LogP contribution in [0.2, 0.25) is 0 Å². The average Bonchev–Trinajstić information content (AvgIpc) is 2.70. The first-order chi connectivity index (χ1) is 14.1. The van der Waals surface area contributed by atoms with Crippen molar-refractivity contribution in [3.63, 3.8) is 0 Å². The van der Waals surface area contributed by atoms with Crippen molar-refractivity contribution in [3.05, 3.63) is 59.7 Å². The number of carbonyl (C=O) groups is 2. The maximum absolute atomic E-state index is 12.3. The van der Waals surface area contributed by atoms with Gasteiger partial charge in [-0.15, -0.1) is 0 Å². The monoisotopic (exact) mass is 414 g/mol. The number of benzene rings is 2. The van der Waals surface area contributed by atoms with E-state index < -0.39 is 17.5 Å². The maximum atomic E-state index is 12.3. The van der Waals surface area contributed by atoms with Gasteiger partial charge in [-0.05, 0) is 50.5 Å². The maximum Gasteiger partial charge on any atom is 0.315 e. The molecule has 0 aromatic heterocycles. The number of nitrogens with zero attached hydrogens (tertiary/aromatic N) is 1. The van der Waals surface area contributed by atoms with Crippen LogP contribution in [0.5, 0.6) is 11.5 Å². The third-order valence-electron chi connectivity index (χ3n) is 4.65. The normalized spacial score (nSPS) is 12.1. The summed E-state index contributed by atoms with van der Waals surface area (Å²) in [7, 11) is 1.45. The summed E-state index contributed by atoms with van der Waals surface area (Å²) < 4.78 is 10.7. The molecule has 0 fully saturated rings. The van der Waals surface area contributed by atoms with Gasteiger partial charge in [0.25, 0.3) is 0 Å². The number of carbonyl (C=O) groups excluding carboxylic acids is 2. The van der Waals surface area contributed by atoms with Gasteiger partial charge in [-0.3, -0.25) is 4.79 Å². The van der Waals surface area contributed by atoms with Crippen LogP contribution in [-0.2, 0) is 22.5 Å². The summed E-state index contributed by atoms with van der Waals surface area (Å²) in [5.74, 6) is -0.0428. The summed E-state index contributed by atoms with van der Waals surface area (Å²) >= 11 is 0. The molecule has 2 amide bonds. The van der Waals surface area contributed by atoms with Crippen LogP contribution in [0.4, 0.5) is 4.79 Å². The molecule has 162 valence electrons. The van der Waals surface area contributed by atoms with E-state index in [1.165, 1.54) is 18.1 Å². The highest BCUT2D eigenvalue weighted by molar-refractivity contribution is 5.75. The van der Waals surface area contributed by atoms with E-state index in [0.717, 1.165) is 11.1 Å². The van der Waals surface area contributed by atoms with Gasteiger partial charge in [-0.1, -0.05) is 36.4 Å². The number of phenolic OH excluding ortho intramolecular Hbond substituents is 1. The molecule has 7 heteroatoms. The van der Waals surface area contributed by atoms with E-state index in [9.17, 15) is 14.7 Å². The van der Waals surface area contributed by atoms with Gasteiger partial charge in [0.1, 0.15) is 6.61 Å². The molecule has 0 saturated heterocycles. The molecule has 0 spiro atoms. The van der Waals surface area contributed by atoms with E-state index in [4.69, 9.17) is 15.2 Å². The highest BCUT2D eigenvalue weighted by Crippen LogP contribution is 2.27. The fourth-order valence-corrected chi connectivity index (χ4v) is 2.94. The fraction of sp³-hybridized carbons (Fsp3) is 0.391. The van der Waals surface area contributed by atoms with Crippen LogP contribution >= 0.6 is 0 Å². The van der Waals surface area contributed by atoms with E-state index in [2.05, 4.69) is 0 Å². The summed E-state index contributed by atoms with van der Waals surface area (Å²) in [6.07, 6.45) is 0.469. The lowest BCUT2D eigenvalue weighted by Crippen LogP contribution is -2.47. The van der Waals surface area contributed by atoms with Gasteiger partial charge < -0.3 is 25.2 Å². The van der Waals surface area contributed by atoms with Gasteiger partial charge in [0.2, 0.25) is 0 Å². The van der Waals surface area contributed by atoms with Crippen molar-refractivity contribution in [2.45, 2.75) is 39.8 Å². The van der Waals surface area contributed by atoms with E-state index in [1.54, 1.807) is 32.9 Å². The zero-order valence-electron chi connectivity index (χ0n) is 17.9. The Balaban J connectivity index is 2.28. The zero-order chi connectivity index (χ0) is 22.3. The summed E-state index contributed by atoms with van der Waals surface area (Å²) in [4.78, 5) is 26.1. The van der Waals surface area contributed by atoms with Crippen LogP contribution in [0.3, 0.4) is 0 Å². The Labute approximate surface area is 177 Å². The van der Waals surface area contributed by atoms with E-state index in [-0.39, 0.29) is 24.9 Å². The molecular formula is C23H30N2O5. The lowest BCUT2D eigenvalue weighted by molar-refractivity contribution is -0.154. The second kappa shape index (κ2) is 10.0. The highest BCUT2D eigenvalue weighted by atomic mass is 16.5. The number of nitrogens with two attached hydrogens (primary N) is 1. The Hall–Kier alpha value is -3.22. The predicted octanol–water partition coefficient (Wildman–Crippen LogP) is 3.48. The topological polar surface area (TPSA) is 102 Å². The molecule has 1 atom stereocenters. The lowest BCUT2D eigenvalue weighted by atomic mass is 9.97. The molecule has 0 bridgehead atoms. The van der Waals surface area contributed by atoms with Gasteiger partial charge >= 0.3 is 12.0 Å². The van der Waals surface area contributed by atoms with Gasteiger partial charge in [0, 0.05) is 6.54 Å². The highest BCUT2D eigenvalue weighted by Gasteiger charge is 2.28. The number of methoxy groups -OCH3 is 1. The minimum Gasteiger partial charge on any atom is -0.504 e. The van der Waals surface area contributed by atoms with Gasteiger partial charge in [0.15, 0.2) is 11.5 Å². The lowest BCUT2D eigenvalue weighted by Gasteiger charge is -2.31. The molecule has 3 N–H and O–H groups in total. The van der Waals surface area contributed by atoms with Crippen LogP contribution < -0.4 is 10.5 Å². The molecule has 0 radical (unpaired) electrons. The molecule has 0 aliphatic carbocycles. The molecule has 0 aliphatic heterocycles. The van der Waals surface area contributed by atoms with Crippen molar-refractivity contribution in [3.8, 4) is 11.5 Å². The second-order valence-corrected chi connectivity index (χ2v) is 8.16. The van der Waals surface area contributed by atoms with Gasteiger partial charge in [-0.2, -0.15) is 0 Å². The number of primary amides is 1. The van der Waals surface area contributed by atoms with E-state index in [1.807, 2.05) is 30.3 Å². The third kappa shape index (κ3) is 6.40. The molecule has 2 rings (SSSR count). The largest absolute Gasteiger partial charge is 0.504 e. The minimum absolute atomic E-state index is 0.00631. The molecule has 0 aliphatic rings. The van der Waals surface area contributed by atoms with Gasteiger partial charge in [0.05, 0.1) is 18.6 Å². The van der Waals surface area contributed by atoms with Crippen molar-refractivity contribution in [1.29, 1.82) is 0 Å². The number of hydrogen-bond donors (Lipinski definition) is 2. The second-order valence-electron chi connectivity index (χ2n) is 8.16. The summed E-state index contributed by atoms with van der Waals surface area (Å²) in [6, 6.07) is 13.4. The van der Waals surface area contributed by atoms with Crippen molar-refractivity contribution >= 4 is 12.0 Å². The van der Waals surface area contributed by atoms with Crippen LogP contribution in [-0.4, -0.2) is 41.8 Å². The molecule has 0 unspecified atom stereocenters. The molecule has 30 heavy (non-hydrogen) atoms. The standard InChI is InChI=1S/C23H30N2O5/c1-23(2,3)21(27)30-15-18(12-16-8-6-5-7-9-16)25(22(24)28)14-17-10-11-19(26)20(13-17)29-4/h5-11,13,18,26H,12,14-15H2,1-4H3,(H2,24,28)/t18-/m1/s1. The quantitative estimate of drug-likeness (QED) is 0.644. The SMILES string of the molecule is COc1cc(CN(C(N)=O)[C@@H](COC(=O)C(C)(C)C)Cc2ccccc2)ccc1O. The Bertz CT molecular complexity index is 862. The summed E-state index contributed by atoms with van der Waals surface area (Å²) in [5.41, 5.74) is 6.76. The van der Waals surface area contributed by atoms with Crippen LogP contribution in [0.15, 0.2) is 48.5 Å². The average molecular weight is 415 g/mol. The Morgan fingerprint density at radius 3 is 2.33 bits per heavy atom. The summed E-state index contributed by atoms with van der Waals surface area (Å²) in [5, 5.41) is 9.82. The fourth-order valence-electron chi connectivity index (χ4n) is 2.94. The number of esters is 1. The number of rotatable bonds is 8. The molecule has 2 aromatic carbocycles. The van der Waals surface area contributed by atoms with E-state index >= 15 is 0 Å². The Morgan fingerprint density at radius 2 is 1.77 bits per heavy atom. The first-order valence-corrected chi connectivity index (χ1v) is 9.75. The first kappa shape index (κ1) is 23.1. The number of ether oxygens (including phenoxy) is 2. The number of hydrogen-bond acceptors (Lipinski definition) is 5. The number of urea groups is 1. The summed E-state index contributed by atoms with van der Waals surface area (Å²) in [6.45, 7) is 5.52. The van der Waals surface area contributed by atoms with Crippen LogP contribution in [0.1, 0.15) is 31.9 Å². The van der Waals surface area contributed by atoms with Crippen molar-refractivity contribution < 1.29 is 24.2 Å². The van der Waals surface area contributed by atoms with E-state index in [0.29, 0.717) is 12.2 Å².